The van der Waals surface area contributed by atoms with Crippen molar-refractivity contribution >= 4 is 0 Å². The fourth-order valence-electron chi connectivity index (χ4n) is 7.26. The monoisotopic (exact) mass is 292 g/mol. The summed E-state index contributed by atoms with van der Waals surface area (Å²) in [5.74, 6) is 1.86. The van der Waals surface area contributed by atoms with Gasteiger partial charge < -0.3 is 10.2 Å². The molecule has 120 valence electrons. The summed E-state index contributed by atoms with van der Waals surface area (Å²) in [6, 6.07) is 0. The van der Waals surface area contributed by atoms with Gasteiger partial charge in [-0.3, -0.25) is 0 Å². The lowest BCUT2D eigenvalue weighted by Crippen LogP contribution is -2.64. The molecule has 0 unspecified atom stereocenters. The van der Waals surface area contributed by atoms with Crippen LogP contribution in [-0.2, 0) is 0 Å². The summed E-state index contributed by atoms with van der Waals surface area (Å²) >= 11 is 0. The second-order valence-corrected chi connectivity index (χ2v) is 9.22. The molecular formula is C19H32O2. The van der Waals surface area contributed by atoms with Gasteiger partial charge in [0.1, 0.15) is 0 Å². The molecular weight excluding hydrogens is 260 g/mol. The van der Waals surface area contributed by atoms with Crippen LogP contribution in [0, 0.1) is 28.6 Å². The van der Waals surface area contributed by atoms with Gasteiger partial charge in [-0.25, -0.2) is 0 Å². The van der Waals surface area contributed by atoms with Gasteiger partial charge in [-0.1, -0.05) is 26.7 Å². The second-order valence-electron chi connectivity index (χ2n) is 9.22. The molecule has 0 saturated heterocycles. The molecule has 4 aliphatic rings. The summed E-state index contributed by atoms with van der Waals surface area (Å²) in [4.78, 5) is 0. The number of hydrogen-bond donors (Lipinski definition) is 2. The van der Waals surface area contributed by atoms with Gasteiger partial charge in [0, 0.05) is 0 Å². The van der Waals surface area contributed by atoms with Gasteiger partial charge in [0.2, 0.25) is 0 Å². The van der Waals surface area contributed by atoms with Crippen LogP contribution in [0.25, 0.3) is 0 Å². The lowest BCUT2D eigenvalue weighted by atomic mass is 9.44. The fourth-order valence-corrected chi connectivity index (χ4v) is 7.26. The first-order chi connectivity index (χ1) is 9.92. The van der Waals surface area contributed by atoms with Crippen molar-refractivity contribution in [3.05, 3.63) is 0 Å². The molecule has 0 heterocycles. The molecule has 2 heteroatoms. The number of rotatable bonds is 0. The van der Waals surface area contributed by atoms with Crippen LogP contribution in [0.1, 0.15) is 78.1 Å². The fraction of sp³-hybridized carbons (Fsp3) is 1.00. The van der Waals surface area contributed by atoms with E-state index >= 15 is 0 Å². The van der Waals surface area contributed by atoms with Crippen molar-refractivity contribution in [1.29, 1.82) is 0 Å². The Morgan fingerprint density at radius 3 is 2.38 bits per heavy atom. The highest BCUT2D eigenvalue weighted by molar-refractivity contribution is 5.17. The van der Waals surface area contributed by atoms with E-state index in [1.54, 1.807) is 0 Å². The summed E-state index contributed by atoms with van der Waals surface area (Å²) in [6.07, 6.45) is 11.7. The molecule has 4 fully saturated rings. The van der Waals surface area contributed by atoms with Gasteiger partial charge in [0.15, 0.2) is 0 Å². The van der Waals surface area contributed by atoms with Crippen LogP contribution < -0.4 is 0 Å². The highest BCUT2D eigenvalue weighted by Crippen LogP contribution is 2.67. The minimum Gasteiger partial charge on any atom is -0.390 e. The van der Waals surface area contributed by atoms with Crippen LogP contribution in [0.2, 0.25) is 0 Å². The third-order valence-electron chi connectivity index (χ3n) is 8.63. The summed E-state index contributed by atoms with van der Waals surface area (Å²) in [5, 5.41) is 22.2. The van der Waals surface area contributed by atoms with Crippen LogP contribution >= 0.6 is 0 Å². The van der Waals surface area contributed by atoms with E-state index in [0.29, 0.717) is 17.3 Å². The largest absolute Gasteiger partial charge is 0.390 e. The normalized spacial score (nSPS) is 60.0. The average molecular weight is 292 g/mol. The molecule has 0 aromatic heterocycles. The number of fused-ring (bicyclic) bond motifs is 5. The molecule has 0 radical (unpaired) electrons. The minimum atomic E-state index is -0.804. The second kappa shape index (κ2) is 4.47. The Kier molecular flexibility index (Phi) is 3.09. The molecule has 4 saturated carbocycles. The molecule has 0 aromatic carbocycles. The Morgan fingerprint density at radius 2 is 1.57 bits per heavy atom. The zero-order valence-corrected chi connectivity index (χ0v) is 13.8. The predicted octanol–water partition coefficient (Wildman–Crippen LogP) is 3.90. The minimum absolute atomic E-state index is 0.0363. The molecule has 21 heavy (non-hydrogen) atoms. The van der Waals surface area contributed by atoms with Gasteiger partial charge in [-0.15, -0.1) is 0 Å². The summed E-state index contributed by atoms with van der Waals surface area (Å²) in [6.45, 7) is 4.76. The Balaban J connectivity index is 1.72. The number of aliphatic hydroxyl groups is 2. The summed E-state index contributed by atoms with van der Waals surface area (Å²) in [5.41, 5.74) is -0.409. The topological polar surface area (TPSA) is 40.5 Å². The molecule has 7 atom stereocenters. The molecule has 4 rings (SSSR count). The number of hydrogen-bond acceptors (Lipinski definition) is 2. The van der Waals surface area contributed by atoms with Crippen molar-refractivity contribution < 1.29 is 10.2 Å². The molecule has 0 aromatic rings. The Bertz CT molecular complexity index is 435. The molecule has 4 aliphatic carbocycles. The zero-order chi connectivity index (χ0) is 14.9. The molecule has 2 N–H and O–H groups in total. The van der Waals surface area contributed by atoms with Crippen molar-refractivity contribution in [2.75, 3.05) is 0 Å². The quantitative estimate of drug-likeness (QED) is 0.711. The van der Waals surface area contributed by atoms with E-state index in [1.165, 1.54) is 38.5 Å². The summed E-state index contributed by atoms with van der Waals surface area (Å²) < 4.78 is 0. The van der Waals surface area contributed by atoms with E-state index in [-0.39, 0.29) is 5.41 Å². The first kappa shape index (κ1) is 14.5. The van der Waals surface area contributed by atoms with Crippen molar-refractivity contribution in [3.8, 4) is 0 Å². The van der Waals surface area contributed by atoms with Gasteiger partial charge in [-0.2, -0.15) is 0 Å². The van der Waals surface area contributed by atoms with Crippen molar-refractivity contribution in [3.63, 3.8) is 0 Å². The van der Waals surface area contributed by atoms with E-state index in [2.05, 4.69) is 13.8 Å². The lowest BCUT2D eigenvalue weighted by molar-refractivity contribution is -0.228. The van der Waals surface area contributed by atoms with E-state index in [4.69, 9.17) is 0 Å². The van der Waals surface area contributed by atoms with Gasteiger partial charge in [0.25, 0.3) is 0 Å². The van der Waals surface area contributed by atoms with Crippen LogP contribution in [0.5, 0.6) is 0 Å². The maximum Gasteiger partial charge on any atom is 0.0989 e. The van der Waals surface area contributed by atoms with Crippen LogP contribution in [-0.4, -0.2) is 21.9 Å². The third-order valence-corrected chi connectivity index (χ3v) is 8.63. The summed E-state index contributed by atoms with van der Waals surface area (Å²) in [7, 11) is 0. The number of aliphatic hydroxyl groups excluding tert-OH is 1. The zero-order valence-electron chi connectivity index (χ0n) is 13.8. The average Bonchev–Trinajstić information content (AvgIpc) is 2.71. The Hall–Kier alpha value is -0.0800. The smallest absolute Gasteiger partial charge is 0.0989 e. The highest BCUT2D eigenvalue weighted by atomic mass is 16.3. The van der Waals surface area contributed by atoms with Gasteiger partial charge in [0.05, 0.1) is 11.7 Å². The van der Waals surface area contributed by atoms with Crippen molar-refractivity contribution in [2.24, 2.45) is 28.6 Å². The lowest BCUT2D eigenvalue weighted by Gasteiger charge is -2.63. The molecule has 0 bridgehead atoms. The third kappa shape index (κ3) is 1.67. The molecule has 2 nitrogen and oxygen atoms in total. The maximum atomic E-state index is 11.6. The van der Waals surface area contributed by atoms with Gasteiger partial charge in [-0.05, 0) is 80.0 Å². The molecule has 0 spiro atoms. The highest BCUT2D eigenvalue weighted by Gasteiger charge is 2.67. The van der Waals surface area contributed by atoms with Crippen molar-refractivity contribution in [2.45, 2.75) is 89.8 Å². The Morgan fingerprint density at radius 1 is 0.810 bits per heavy atom. The van der Waals surface area contributed by atoms with Crippen LogP contribution in [0.3, 0.4) is 0 Å². The van der Waals surface area contributed by atoms with Crippen LogP contribution in [0.15, 0.2) is 0 Å². The van der Waals surface area contributed by atoms with E-state index in [9.17, 15) is 10.2 Å². The van der Waals surface area contributed by atoms with E-state index < -0.39 is 11.7 Å². The first-order valence-electron chi connectivity index (χ1n) is 9.32. The van der Waals surface area contributed by atoms with E-state index in [1.807, 2.05) is 0 Å². The predicted molar refractivity (Wildman–Crippen MR) is 83.8 cm³/mol. The van der Waals surface area contributed by atoms with Crippen molar-refractivity contribution in [1.82, 2.24) is 0 Å². The standard InChI is InChI=1S/C19H32O2/c1-17-11-8-14-15(19(17,21)16(20)9-12-17)7-6-13-5-3-4-10-18(13,14)2/h13-16,20-21H,3-12H2,1-2H3/t13-,14+,15-,16+,17-,18+,19-/m1/s1. The SMILES string of the molecule is C[C@]12CCCC[C@@H]1CC[C@@H]1[C@@H]2CC[C@]2(C)CC[C@H](O)[C@]12O. The molecule has 0 aliphatic heterocycles. The maximum absolute atomic E-state index is 11.6. The first-order valence-corrected chi connectivity index (χ1v) is 9.32. The van der Waals surface area contributed by atoms with Gasteiger partial charge >= 0.3 is 0 Å². The van der Waals surface area contributed by atoms with Crippen LogP contribution in [0.4, 0.5) is 0 Å². The Labute approximate surface area is 129 Å². The van der Waals surface area contributed by atoms with E-state index in [0.717, 1.165) is 31.6 Å². The molecule has 0 amide bonds.